The van der Waals surface area contributed by atoms with Crippen LogP contribution in [0.4, 0.5) is 5.69 Å². The summed E-state index contributed by atoms with van der Waals surface area (Å²) in [5, 5.41) is 12.9. The molecule has 27 heavy (non-hydrogen) atoms. The maximum absolute atomic E-state index is 13.4. The van der Waals surface area contributed by atoms with Crippen LogP contribution in [0, 0.1) is 13.8 Å². The van der Waals surface area contributed by atoms with Gasteiger partial charge in [0, 0.05) is 23.9 Å². The number of carbonyl (C=O) groups excluding carboxylic acids is 1. The van der Waals surface area contributed by atoms with Crippen molar-refractivity contribution in [3.05, 3.63) is 63.7 Å². The Morgan fingerprint density at radius 2 is 1.78 bits per heavy atom. The van der Waals surface area contributed by atoms with E-state index in [0.717, 1.165) is 11.1 Å². The first-order valence-corrected chi connectivity index (χ1v) is 9.22. The second-order valence-electron chi connectivity index (χ2n) is 6.92. The Morgan fingerprint density at radius 1 is 1.11 bits per heavy atom. The van der Waals surface area contributed by atoms with Crippen molar-refractivity contribution >= 4 is 29.2 Å². The van der Waals surface area contributed by atoms with Crippen molar-refractivity contribution in [2.75, 3.05) is 18.5 Å². The maximum atomic E-state index is 13.4. The minimum Gasteiger partial charge on any atom is -0.478 e. The highest BCUT2D eigenvalue weighted by Crippen LogP contribution is 2.40. The van der Waals surface area contributed by atoms with E-state index in [1.807, 2.05) is 25.1 Å². The summed E-state index contributed by atoms with van der Waals surface area (Å²) < 4.78 is 5.48. The van der Waals surface area contributed by atoms with Crippen molar-refractivity contribution in [3.63, 3.8) is 0 Å². The van der Waals surface area contributed by atoms with Crippen LogP contribution in [0.15, 0.2) is 36.4 Å². The molecule has 0 bridgehead atoms. The van der Waals surface area contributed by atoms with Gasteiger partial charge in [-0.1, -0.05) is 35.9 Å². The summed E-state index contributed by atoms with van der Waals surface area (Å²) in [7, 11) is 0. The molecule has 1 amide bonds. The molecular weight excluding hydrogens is 366 g/mol. The van der Waals surface area contributed by atoms with Gasteiger partial charge in [0.2, 0.25) is 5.91 Å². The van der Waals surface area contributed by atoms with Gasteiger partial charge in [-0.2, -0.15) is 0 Å². The van der Waals surface area contributed by atoms with Gasteiger partial charge < -0.3 is 15.2 Å². The highest BCUT2D eigenvalue weighted by atomic mass is 35.5. The number of anilines is 1. The van der Waals surface area contributed by atoms with Gasteiger partial charge in [0.05, 0.1) is 11.0 Å². The number of halogens is 1. The molecule has 142 valence electrons. The molecule has 3 rings (SSSR count). The van der Waals surface area contributed by atoms with E-state index in [0.29, 0.717) is 42.3 Å². The first-order chi connectivity index (χ1) is 12.8. The first kappa shape index (κ1) is 19.4. The SMILES string of the molecule is Cc1cc(C)c(C(=O)O)cc1NC(=O)C1(c2ccccc2Cl)CCOCC1. The highest BCUT2D eigenvalue weighted by molar-refractivity contribution is 6.31. The predicted molar refractivity (Wildman–Crippen MR) is 105 cm³/mol. The van der Waals surface area contributed by atoms with Gasteiger partial charge in [-0.05, 0) is 55.5 Å². The zero-order valence-electron chi connectivity index (χ0n) is 15.3. The molecule has 0 unspecified atom stereocenters. The van der Waals surface area contributed by atoms with Crippen LogP contribution in [0.2, 0.25) is 5.02 Å². The van der Waals surface area contributed by atoms with Gasteiger partial charge >= 0.3 is 5.97 Å². The fourth-order valence-corrected chi connectivity index (χ4v) is 3.96. The summed E-state index contributed by atoms with van der Waals surface area (Å²) >= 11 is 6.41. The molecule has 5 nitrogen and oxygen atoms in total. The molecule has 1 aliphatic rings. The molecule has 1 aliphatic heterocycles. The minimum absolute atomic E-state index is 0.176. The predicted octanol–water partition coefficient (Wildman–Crippen LogP) is 4.34. The molecule has 0 aromatic heterocycles. The number of hydrogen-bond acceptors (Lipinski definition) is 3. The van der Waals surface area contributed by atoms with Crippen molar-refractivity contribution in [1.29, 1.82) is 0 Å². The molecule has 2 aromatic carbocycles. The van der Waals surface area contributed by atoms with Crippen LogP contribution in [0.3, 0.4) is 0 Å². The first-order valence-electron chi connectivity index (χ1n) is 8.84. The van der Waals surface area contributed by atoms with Crippen molar-refractivity contribution in [3.8, 4) is 0 Å². The van der Waals surface area contributed by atoms with Gasteiger partial charge in [-0.25, -0.2) is 4.79 Å². The number of benzene rings is 2. The summed E-state index contributed by atoms with van der Waals surface area (Å²) in [5.41, 5.74) is 2.11. The Bertz CT molecular complexity index is 888. The molecule has 0 radical (unpaired) electrons. The molecule has 6 heteroatoms. The van der Waals surface area contributed by atoms with Crippen LogP contribution in [0.25, 0.3) is 0 Å². The fourth-order valence-electron chi connectivity index (χ4n) is 3.65. The van der Waals surface area contributed by atoms with Crippen molar-refractivity contribution in [1.82, 2.24) is 0 Å². The van der Waals surface area contributed by atoms with Crippen molar-refractivity contribution in [2.45, 2.75) is 32.1 Å². The number of nitrogens with one attached hydrogen (secondary N) is 1. The summed E-state index contributed by atoms with van der Waals surface area (Å²) in [5.74, 6) is -1.21. The zero-order valence-corrected chi connectivity index (χ0v) is 16.1. The second kappa shape index (κ2) is 7.71. The molecule has 1 heterocycles. The topological polar surface area (TPSA) is 75.6 Å². The Kier molecular flexibility index (Phi) is 5.53. The van der Waals surface area contributed by atoms with Crippen LogP contribution in [-0.4, -0.2) is 30.2 Å². The number of carboxylic acids is 1. The Morgan fingerprint density at radius 3 is 2.41 bits per heavy atom. The molecule has 0 atom stereocenters. The number of aromatic carboxylic acids is 1. The number of aryl methyl sites for hydroxylation is 2. The molecule has 0 saturated carbocycles. The van der Waals surface area contributed by atoms with Gasteiger partial charge in [-0.15, -0.1) is 0 Å². The second-order valence-corrected chi connectivity index (χ2v) is 7.32. The normalized spacial score (nSPS) is 16.0. The number of carboxylic acid groups (broad SMARTS) is 1. The summed E-state index contributed by atoms with van der Waals surface area (Å²) in [4.78, 5) is 24.8. The van der Waals surface area contributed by atoms with E-state index in [4.69, 9.17) is 16.3 Å². The quantitative estimate of drug-likeness (QED) is 0.818. The van der Waals surface area contributed by atoms with Crippen LogP contribution in [0.5, 0.6) is 0 Å². The van der Waals surface area contributed by atoms with Gasteiger partial charge in [-0.3, -0.25) is 4.79 Å². The lowest BCUT2D eigenvalue weighted by atomic mass is 9.73. The lowest BCUT2D eigenvalue weighted by molar-refractivity contribution is -0.125. The van der Waals surface area contributed by atoms with Gasteiger partial charge in [0.15, 0.2) is 0 Å². The van der Waals surface area contributed by atoms with Crippen LogP contribution >= 0.6 is 11.6 Å². The molecule has 0 spiro atoms. The Hall–Kier alpha value is -2.37. The highest BCUT2D eigenvalue weighted by Gasteiger charge is 2.43. The number of ether oxygens (including phenoxy) is 1. The van der Waals surface area contributed by atoms with Crippen LogP contribution in [-0.2, 0) is 14.9 Å². The standard InChI is InChI=1S/C21H22ClNO4/c1-13-11-14(2)18(12-15(13)19(24)25)23-20(26)21(7-9-27-10-8-21)16-5-3-4-6-17(16)22/h3-6,11-12H,7-10H2,1-2H3,(H,23,26)(H,24,25). The number of hydrogen-bond donors (Lipinski definition) is 2. The molecule has 0 aliphatic carbocycles. The van der Waals surface area contributed by atoms with Gasteiger partial charge in [0.1, 0.15) is 0 Å². The van der Waals surface area contributed by atoms with Gasteiger partial charge in [0.25, 0.3) is 0 Å². The maximum Gasteiger partial charge on any atom is 0.336 e. The molecule has 2 N–H and O–H groups in total. The number of amides is 1. The van der Waals surface area contributed by atoms with E-state index in [2.05, 4.69) is 5.32 Å². The summed E-state index contributed by atoms with van der Waals surface area (Å²) in [6, 6.07) is 10.6. The average molecular weight is 388 g/mol. The summed E-state index contributed by atoms with van der Waals surface area (Å²) in [6.07, 6.45) is 1.03. The van der Waals surface area contributed by atoms with E-state index < -0.39 is 11.4 Å². The number of carbonyl (C=O) groups is 2. The summed E-state index contributed by atoms with van der Waals surface area (Å²) in [6.45, 7) is 4.52. The molecule has 2 aromatic rings. The lowest BCUT2D eigenvalue weighted by Gasteiger charge is -2.37. The van der Waals surface area contributed by atoms with E-state index in [1.165, 1.54) is 6.07 Å². The minimum atomic E-state index is -1.02. The zero-order chi connectivity index (χ0) is 19.6. The van der Waals surface area contributed by atoms with Crippen molar-refractivity contribution in [2.24, 2.45) is 0 Å². The number of rotatable bonds is 4. The lowest BCUT2D eigenvalue weighted by Crippen LogP contribution is -2.45. The average Bonchev–Trinajstić information content (AvgIpc) is 2.64. The Balaban J connectivity index is 2.01. The third kappa shape index (κ3) is 3.70. The van der Waals surface area contributed by atoms with E-state index in [-0.39, 0.29) is 11.5 Å². The largest absolute Gasteiger partial charge is 0.478 e. The Labute approximate surface area is 163 Å². The van der Waals surface area contributed by atoms with E-state index >= 15 is 0 Å². The van der Waals surface area contributed by atoms with Crippen molar-refractivity contribution < 1.29 is 19.4 Å². The molecule has 1 fully saturated rings. The third-order valence-corrected chi connectivity index (χ3v) is 5.55. The van der Waals surface area contributed by atoms with Crippen LogP contribution < -0.4 is 5.32 Å². The molecule has 1 saturated heterocycles. The van der Waals surface area contributed by atoms with E-state index in [9.17, 15) is 14.7 Å². The smallest absolute Gasteiger partial charge is 0.336 e. The fraction of sp³-hybridized carbons (Fsp3) is 0.333. The monoisotopic (exact) mass is 387 g/mol. The van der Waals surface area contributed by atoms with Crippen LogP contribution in [0.1, 0.15) is 39.9 Å². The third-order valence-electron chi connectivity index (χ3n) is 5.22. The van der Waals surface area contributed by atoms with E-state index in [1.54, 1.807) is 19.1 Å². The molecular formula is C21H22ClNO4.